The number of hydrazone groups is 1. The summed E-state index contributed by atoms with van der Waals surface area (Å²) in [5, 5.41) is 15.8. The second kappa shape index (κ2) is 10.7. The molecule has 1 aliphatic rings. The molecule has 1 atom stereocenters. The minimum atomic E-state index is -0.431. The summed E-state index contributed by atoms with van der Waals surface area (Å²) in [6.45, 7) is 7.43. The third-order valence-corrected chi connectivity index (χ3v) is 7.17. The third kappa shape index (κ3) is 5.15. The van der Waals surface area contributed by atoms with Gasteiger partial charge in [-0.15, -0.1) is 0 Å². The Hall–Kier alpha value is -4.67. The monoisotopic (exact) mass is 558 g/mol. The fourth-order valence-corrected chi connectivity index (χ4v) is 5.06. The molecule has 11 heteroatoms. The van der Waals surface area contributed by atoms with E-state index in [4.69, 9.17) is 19.3 Å². The van der Waals surface area contributed by atoms with Gasteiger partial charge in [-0.25, -0.2) is 9.69 Å². The van der Waals surface area contributed by atoms with Gasteiger partial charge in [-0.3, -0.25) is 14.3 Å². The lowest BCUT2D eigenvalue weighted by Gasteiger charge is -2.23. The standard InChI is InChI=1S/C30H34N6O5/c1-18-22-16-31-36(30(2,3)4)28(22)29(38)34(32-18)17-27(37)35-24(20-10-13-25(40-6)26(14-20)41-7)15-23(33-35)19-8-11-21(39-5)12-9-19/h8-14,16,24H,15,17H2,1-7H3. The van der Waals surface area contributed by atoms with Gasteiger partial charge in [0, 0.05) is 11.8 Å². The molecule has 11 nitrogen and oxygen atoms in total. The second-order valence-corrected chi connectivity index (χ2v) is 10.9. The van der Waals surface area contributed by atoms with Gasteiger partial charge in [0.25, 0.3) is 11.5 Å². The Balaban J connectivity index is 1.55. The van der Waals surface area contributed by atoms with E-state index in [9.17, 15) is 9.59 Å². The maximum absolute atomic E-state index is 13.9. The van der Waals surface area contributed by atoms with Crippen LogP contribution in [0, 0.1) is 6.92 Å². The summed E-state index contributed by atoms with van der Waals surface area (Å²) in [5.74, 6) is 1.48. The zero-order valence-corrected chi connectivity index (χ0v) is 24.3. The fourth-order valence-electron chi connectivity index (χ4n) is 5.06. The first kappa shape index (κ1) is 27.9. The van der Waals surface area contributed by atoms with E-state index in [-0.39, 0.29) is 18.0 Å². The molecule has 0 saturated heterocycles. The zero-order valence-electron chi connectivity index (χ0n) is 24.3. The maximum atomic E-state index is 13.9. The Morgan fingerprint density at radius 1 is 1.00 bits per heavy atom. The van der Waals surface area contributed by atoms with E-state index in [1.165, 1.54) is 9.69 Å². The van der Waals surface area contributed by atoms with E-state index in [1.54, 1.807) is 45.2 Å². The molecule has 214 valence electrons. The molecule has 0 fully saturated rings. The predicted octanol–water partition coefficient (Wildman–Crippen LogP) is 4.06. The molecule has 1 amide bonds. The van der Waals surface area contributed by atoms with E-state index in [2.05, 4.69) is 10.2 Å². The molecule has 0 radical (unpaired) electrons. The average molecular weight is 559 g/mol. The number of hydrogen-bond acceptors (Lipinski definition) is 8. The van der Waals surface area contributed by atoms with Crippen LogP contribution >= 0.6 is 0 Å². The molecular formula is C30H34N6O5. The number of nitrogens with zero attached hydrogens (tertiary/aromatic N) is 6. The summed E-state index contributed by atoms with van der Waals surface area (Å²) in [6.07, 6.45) is 2.11. The number of benzene rings is 2. The fraction of sp³-hybridized carbons (Fsp3) is 0.367. The molecule has 2 aromatic heterocycles. The number of aryl methyl sites for hydroxylation is 1. The summed E-state index contributed by atoms with van der Waals surface area (Å²) < 4.78 is 19.1. The molecule has 0 saturated carbocycles. The van der Waals surface area contributed by atoms with Gasteiger partial charge in [-0.1, -0.05) is 6.07 Å². The van der Waals surface area contributed by atoms with E-state index in [1.807, 2.05) is 57.2 Å². The van der Waals surface area contributed by atoms with Crippen LogP contribution in [0.5, 0.6) is 17.2 Å². The molecule has 0 N–H and O–H groups in total. The summed E-state index contributed by atoms with van der Waals surface area (Å²) in [6, 6.07) is 12.6. The SMILES string of the molecule is COc1ccc(C2=NN(C(=O)Cn3nc(C)c4cnn(C(C)(C)C)c4c3=O)C(c3ccc(OC)c(OC)c3)C2)cc1. The van der Waals surface area contributed by atoms with Crippen LogP contribution in [0.25, 0.3) is 10.9 Å². The van der Waals surface area contributed by atoms with Crippen LogP contribution in [0.3, 0.4) is 0 Å². The highest BCUT2D eigenvalue weighted by Gasteiger charge is 2.34. The van der Waals surface area contributed by atoms with Gasteiger partial charge in [0.05, 0.1) is 50.5 Å². The highest BCUT2D eigenvalue weighted by molar-refractivity contribution is 6.03. The highest BCUT2D eigenvalue weighted by Crippen LogP contribution is 2.37. The third-order valence-electron chi connectivity index (χ3n) is 7.17. The number of rotatable bonds is 7. The number of aromatic nitrogens is 4. The Kier molecular flexibility index (Phi) is 7.29. The lowest BCUT2D eigenvalue weighted by molar-refractivity contribution is -0.133. The van der Waals surface area contributed by atoms with Crippen molar-refractivity contribution in [2.75, 3.05) is 21.3 Å². The maximum Gasteiger partial charge on any atom is 0.293 e. The zero-order chi connectivity index (χ0) is 29.5. The number of methoxy groups -OCH3 is 3. The number of hydrogen-bond donors (Lipinski definition) is 0. The average Bonchev–Trinajstić information content (AvgIpc) is 3.62. The largest absolute Gasteiger partial charge is 0.497 e. The van der Waals surface area contributed by atoms with Crippen LogP contribution in [0.15, 0.2) is 58.6 Å². The van der Waals surface area contributed by atoms with Gasteiger partial charge in [-0.05, 0) is 75.2 Å². The Bertz CT molecular complexity index is 1700. The van der Waals surface area contributed by atoms with Crippen LogP contribution in [0.2, 0.25) is 0 Å². The van der Waals surface area contributed by atoms with Crippen molar-refractivity contribution >= 4 is 22.5 Å². The Morgan fingerprint density at radius 3 is 2.34 bits per heavy atom. The first-order valence-corrected chi connectivity index (χ1v) is 13.3. The van der Waals surface area contributed by atoms with E-state index >= 15 is 0 Å². The van der Waals surface area contributed by atoms with Crippen molar-refractivity contribution in [3.05, 3.63) is 75.8 Å². The minimum Gasteiger partial charge on any atom is -0.497 e. The molecule has 5 rings (SSSR count). The van der Waals surface area contributed by atoms with Gasteiger partial charge in [0.1, 0.15) is 17.8 Å². The number of fused-ring (bicyclic) bond motifs is 1. The van der Waals surface area contributed by atoms with Crippen molar-refractivity contribution in [2.45, 2.75) is 52.2 Å². The van der Waals surface area contributed by atoms with Crippen LogP contribution in [-0.4, -0.2) is 57.5 Å². The molecule has 0 aliphatic carbocycles. The van der Waals surface area contributed by atoms with Crippen LogP contribution in [0.1, 0.15) is 50.1 Å². The summed E-state index contributed by atoms with van der Waals surface area (Å²) in [5.41, 5.74) is 2.64. The van der Waals surface area contributed by atoms with Crippen molar-refractivity contribution in [2.24, 2.45) is 5.10 Å². The Morgan fingerprint density at radius 2 is 1.71 bits per heavy atom. The summed E-state index contributed by atoms with van der Waals surface area (Å²) in [4.78, 5) is 27.5. The highest BCUT2D eigenvalue weighted by atomic mass is 16.5. The van der Waals surface area contributed by atoms with E-state index in [0.29, 0.717) is 34.5 Å². The number of carbonyl (C=O) groups is 1. The smallest absolute Gasteiger partial charge is 0.293 e. The number of amides is 1. The van der Waals surface area contributed by atoms with Crippen molar-refractivity contribution < 1.29 is 19.0 Å². The molecule has 3 heterocycles. The van der Waals surface area contributed by atoms with Crippen LogP contribution in [0.4, 0.5) is 0 Å². The van der Waals surface area contributed by atoms with Gasteiger partial charge in [0.2, 0.25) is 0 Å². The Labute approximate surface area is 237 Å². The number of carbonyl (C=O) groups excluding carboxylic acids is 1. The predicted molar refractivity (Wildman–Crippen MR) is 155 cm³/mol. The van der Waals surface area contributed by atoms with Crippen molar-refractivity contribution in [1.29, 1.82) is 0 Å². The molecule has 1 aliphatic heterocycles. The second-order valence-electron chi connectivity index (χ2n) is 10.9. The van der Waals surface area contributed by atoms with E-state index in [0.717, 1.165) is 22.6 Å². The topological polar surface area (TPSA) is 113 Å². The molecule has 0 spiro atoms. The lowest BCUT2D eigenvalue weighted by atomic mass is 9.98. The normalized spacial score (nSPS) is 15.2. The molecular weight excluding hydrogens is 524 g/mol. The molecule has 0 bridgehead atoms. The molecule has 1 unspecified atom stereocenters. The van der Waals surface area contributed by atoms with E-state index < -0.39 is 11.6 Å². The molecule has 2 aromatic carbocycles. The van der Waals surface area contributed by atoms with Crippen molar-refractivity contribution in [1.82, 2.24) is 24.6 Å². The molecule has 41 heavy (non-hydrogen) atoms. The number of ether oxygens (including phenoxy) is 3. The van der Waals surface area contributed by atoms with Gasteiger partial charge >= 0.3 is 0 Å². The van der Waals surface area contributed by atoms with Gasteiger partial charge in [-0.2, -0.15) is 15.3 Å². The van der Waals surface area contributed by atoms with Crippen LogP contribution < -0.4 is 19.8 Å². The van der Waals surface area contributed by atoms with Gasteiger partial charge in [0.15, 0.2) is 11.5 Å². The van der Waals surface area contributed by atoms with Gasteiger partial charge < -0.3 is 14.2 Å². The molecule has 4 aromatic rings. The van der Waals surface area contributed by atoms with Crippen molar-refractivity contribution in [3.8, 4) is 17.2 Å². The lowest BCUT2D eigenvalue weighted by Crippen LogP contribution is -2.36. The minimum absolute atomic E-state index is 0.284. The first-order chi connectivity index (χ1) is 19.5. The first-order valence-electron chi connectivity index (χ1n) is 13.3. The summed E-state index contributed by atoms with van der Waals surface area (Å²) in [7, 11) is 4.75. The van der Waals surface area contributed by atoms with Crippen LogP contribution in [-0.2, 0) is 16.9 Å². The quantitative estimate of drug-likeness (QED) is 0.336. The van der Waals surface area contributed by atoms with Crippen molar-refractivity contribution in [3.63, 3.8) is 0 Å². The summed E-state index contributed by atoms with van der Waals surface area (Å²) >= 11 is 0.